The second-order valence-corrected chi connectivity index (χ2v) is 8.39. The van der Waals surface area contributed by atoms with Gasteiger partial charge in [0.05, 0.1) is 12.8 Å². The van der Waals surface area contributed by atoms with Gasteiger partial charge in [-0.2, -0.15) is 0 Å². The molecular formula is C26H28N4O4. The number of carbonyl (C=O) groups is 3. The Bertz CT molecular complexity index is 1140. The SMILES string of the molecule is Cc1cccc(C)c1NC(=O)CN1CCN(C(=O)c2ccc(NC(=O)c3ccco3)cc2)CC1. The molecule has 0 atom stereocenters. The number of anilines is 2. The van der Waals surface area contributed by atoms with Gasteiger partial charge in [0.15, 0.2) is 5.76 Å². The van der Waals surface area contributed by atoms with Crippen molar-refractivity contribution in [3.05, 3.63) is 83.3 Å². The summed E-state index contributed by atoms with van der Waals surface area (Å²) in [6, 6.07) is 16.0. The summed E-state index contributed by atoms with van der Waals surface area (Å²) in [4.78, 5) is 41.3. The van der Waals surface area contributed by atoms with Gasteiger partial charge in [-0.1, -0.05) is 18.2 Å². The predicted molar refractivity (Wildman–Crippen MR) is 130 cm³/mol. The van der Waals surface area contributed by atoms with Gasteiger partial charge in [0.2, 0.25) is 5.91 Å². The number of carbonyl (C=O) groups excluding carboxylic acids is 3. The van der Waals surface area contributed by atoms with E-state index in [0.29, 0.717) is 44.0 Å². The van der Waals surface area contributed by atoms with Gasteiger partial charge >= 0.3 is 0 Å². The molecule has 0 spiro atoms. The van der Waals surface area contributed by atoms with Crippen LogP contribution in [0.1, 0.15) is 32.0 Å². The summed E-state index contributed by atoms with van der Waals surface area (Å²) in [7, 11) is 0. The average Bonchev–Trinajstić information content (AvgIpc) is 3.37. The smallest absolute Gasteiger partial charge is 0.291 e. The Balaban J connectivity index is 1.26. The summed E-state index contributed by atoms with van der Waals surface area (Å²) in [6.07, 6.45) is 1.44. The minimum atomic E-state index is -0.346. The van der Waals surface area contributed by atoms with E-state index >= 15 is 0 Å². The normalized spacial score (nSPS) is 14.0. The minimum Gasteiger partial charge on any atom is -0.459 e. The topological polar surface area (TPSA) is 94.9 Å². The molecule has 4 rings (SSSR count). The number of hydrogen-bond donors (Lipinski definition) is 2. The fraction of sp³-hybridized carbons (Fsp3) is 0.269. The van der Waals surface area contributed by atoms with Crippen molar-refractivity contribution in [1.29, 1.82) is 0 Å². The van der Waals surface area contributed by atoms with Crippen molar-refractivity contribution >= 4 is 29.1 Å². The molecule has 0 unspecified atom stereocenters. The number of para-hydroxylation sites is 1. The van der Waals surface area contributed by atoms with E-state index in [0.717, 1.165) is 16.8 Å². The largest absolute Gasteiger partial charge is 0.459 e. The summed E-state index contributed by atoms with van der Waals surface area (Å²) in [5.41, 5.74) is 4.07. The maximum absolute atomic E-state index is 12.9. The Labute approximate surface area is 198 Å². The van der Waals surface area contributed by atoms with Crippen LogP contribution in [0.4, 0.5) is 11.4 Å². The first-order valence-electron chi connectivity index (χ1n) is 11.2. The van der Waals surface area contributed by atoms with Crippen LogP contribution >= 0.6 is 0 Å². The molecular weight excluding hydrogens is 432 g/mol. The van der Waals surface area contributed by atoms with Gasteiger partial charge in [-0.3, -0.25) is 19.3 Å². The first kappa shape index (κ1) is 23.3. The van der Waals surface area contributed by atoms with Crippen LogP contribution in [0.25, 0.3) is 0 Å². The number of hydrogen-bond acceptors (Lipinski definition) is 5. The second kappa shape index (κ2) is 10.4. The summed E-state index contributed by atoms with van der Waals surface area (Å²) < 4.78 is 5.08. The van der Waals surface area contributed by atoms with E-state index in [1.165, 1.54) is 6.26 Å². The summed E-state index contributed by atoms with van der Waals surface area (Å²) in [5.74, 6) is -0.240. The van der Waals surface area contributed by atoms with Crippen molar-refractivity contribution in [2.45, 2.75) is 13.8 Å². The molecule has 2 aromatic carbocycles. The lowest BCUT2D eigenvalue weighted by atomic mass is 10.1. The molecule has 1 fully saturated rings. The van der Waals surface area contributed by atoms with Gasteiger partial charge < -0.3 is 20.0 Å². The highest BCUT2D eigenvalue weighted by molar-refractivity contribution is 6.02. The van der Waals surface area contributed by atoms with E-state index in [9.17, 15) is 14.4 Å². The average molecular weight is 461 g/mol. The predicted octanol–water partition coefficient (Wildman–Crippen LogP) is 3.55. The zero-order chi connectivity index (χ0) is 24.1. The molecule has 8 nitrogen and oxygen atoms in total. The molecule has 2 heterocycles. The highest BCUT2D eigenvalue weighted by Crippen LogP contribution is 2.19. The molecule has 0 radical (unpaired) electrons. The van der Waals surface area contributed by atoms with Crippen LogP contribution in [0.5, 0.6) is 0 Å². The van der Waals surface area contributed by atoms with E-state index in [4.69, 9.17) is 4.42 Å². The van der Waals surface area contributed by atoms with E-state index in [1.807, 2.05) is 32.0 Å². The molecule has 1 aromatic heterocycles. The molecule has 3 aromatic rings. The Hall–Kier alpha value is -3.91. The Morgan fingerprint density at radius 3 is 2.15 bits per heavy atom. The second-order valence-electron chi connectivity index (χ2n) is 8.39. The van der Waals surface area contributed by atoms with Crippen LogP contribution < -0.4 is 10.6 Å². The van der Waals surface area contributed by atoms with Crippen molar-refractivity contribution in [2.24, 2.45) is 0 Å². The van der Waals surface area contributed by atoms with Gasteiger partial charge in [-0.25, -0.2) is 0 Å². The minimum absolute atomic E-state index is 0.0515. The standard InChI is InChI=1S/C26H28N4O4/c1-18-5-3-6-19(2)24(18)28-23(31)17-29-12-14-30(15-13-29)26(33)20-8-10-21(11-9-20)27-25(32)22-7-4-16-34-22/h3-11,16H,12-15,17H2,1-2H3,(H,27,32)(H,28,31). The molecule has 0 aliphatic carbocycles. The molecule has 1 aliphatic rings. The summed E-state index contributed by atoms with van der Waals surface area (Å²) in [6.45, 7) is 6.60. The Morgan fingerprint density at radius 1 is 0.853 bits per heavy atom. The van der Waals surface area contributed by atoms with Crippen LogP contribution in [-0.2, 0) is 4.79 Å². The molecule has 0 bridgehead atoms. The zero-order valence-electron chi connectivity index (χ0n) is 19.3. The highest BCUT2D eigenvalue weighted by Gasteiger charge is 2.23. The maximum atomic E-state index is 12.9. The van der Waals surface area contributed by atoms with Crippen LogP contribution in [0.15, 0.2) is 65.3 Å². The fourth-order valence-corrected chi connectivity index (χ4v) is 3.98. The number of piperazine rings is 1. The van der Waals surface area contributed by atoms with Gasteiger partial charge in [0.25, 0.3) is 11.8 Å². The van der Waals surface area contributed by atoms with Crippen LogP contribution in [-0.4, -0.2) is 60.2 Å². The first-order chi connectivity index (χ1) is 16.4. The molecule has 1 saturated heterocycles. The maximum Gasteiger partial charge on any atom is 0.291 e. The van der Waals surface area contributed by atoms with Crippen molar-refractivity contribution in [1.82, 2.24) is 9.80 Å². The lowest BCUT2D eigenvalue weighted by Crippen LogP contribution is -2.50. The van der Waals surface area contributed by atoms with E-state index in [1.54, 1.807) is 41.3 Å². The monoisotopic (exact) mass is 460 g/mol. The van der Waals surface area contributed by atoms with E-state index in [-0.39, 0.29) is 23.5 Å². The third-order valence-corrected chi connectivity index (χ3v) is 5.91. The van der Waals surface area contributed by atoms with Crippen molar-refractivity contribution in [3.8, 4) is 0 Å². The molecule has 3 amide bonds. The number of aryl methyl sites for hydroxylation is 2. The van der Waals surface area contributed by atoms with Crippen molar-refractivity contribution < 1.29 is 18.8 Å². The number of nitrogens with zero attached hydrogens (tertiary/aromatic N) is 2. The van der Waals surface area contributed by atoms with Crippen LogP contribution in [0.3, 0.4) is 0 Å². The molecule has 1 aliphatic heterocycles. The molecule has 34 heavy (non-hydrogen) atoms. The Morgan fingerprint density at radius 2 is 1.53 bits per heavy atom. The third kappa shape index (κ3) is 5.52. The van der Waals surface area contributed by atoms with Crippen LogP contribution in [0.2, 0.25) is 0 Å². The Kier molecular flexibility index (Phi) is 7.08. The molecule has 8 heteroatoms. The van der Waals surface area contributed by atoms with Crippen molar-refractivity contribution in [3.63, 3.8) is 0 Å². The molecule has 176 valence electrons. The van der Waals surface area contributed by atoms with Crippen molar-refractivity contribution in [2.75, 3.05) is 43.4 Å². The molecule has 0 saturated carbocycles. The lowest BCUT2D eigenvalue weighted by Gasteiger charge is -2.34. The first-order valence-corrected chi connectivity index (χ1v) is 11.2. The summed E-state index contributed by atoms with van der Waals surface area (Å²) in [5, 5.41) is 5.75. The fourth-order valence-electron chi connectivity index (χ4n) is 3.98. The lowest BCUT2D eigenvalue weighted by molar-refractivity contribution is -0.117. The van der Waals surface area contributed by atoms with E-state index in [2.05, 4.69) is 15.5 Å². The number of amides is 3. The quantitative estimate of drug-likeness (QED) is 0.587. The van der Waals surface area contributed by atoms with Gasteiger partial charge in [-0.05, 0) is 61.4 Å². The zero-order valence-corrected chi connectivity index (χ0v) is 19.3. The highest BCUT2D eigenvalue weighted by atomic mass is 16.3. The van der Waals surface area contributed by atoms with Crippen LogP contribution in [0, 0.1) is 13.8 Å². The number of furan rings is 1. The van der Waals surface area contributed by atoms with Gasteiger partial charge in [0, 0.05) is 43.1 Å². The third-order valence-electron chi connectivity index (χ3n) is 5.91. The number of nitrogens with one attached hydrogen (secondary N) is 2. The molecule has 2 N–H and O–H groups in total. The van der Waals surface area contributed by atoms with E-state index < -0.39 is 0 Å². The van der Waals surface area contributed by atoms with Gasteiger partial charge in [0.1, 0.15) is 0 Å². The summed E-state index contributed by atoms with van der Waals surface area (Å²) >= 11 is 0. The van der Waals surface area contributed by atoms with Gasteiger partial charge in [-0.15, -0.1) is 0 Å². The number of rotatable bonds is 6. The number of benzene rings is 2.